The molecule has 0 radical (unpaired) electrons. The molecule has 2 fully saturated rings. The van der Waals surface area contributed by atoms with Crippen molar-refractivity contribution in [1.82, 2.24) is 10.2 Å². The number of nitrogens with one attached hydrogen (secondary N) is 1. The second-order valence-electron chi connectivity index (χ2n) is 6.06. The molecule has 108 valence electrons. The lowest BCUT2D eigenvalue weighted by molar-refractivity contribution is 0.151. The van der Waals surface area contributed by atoms with Crippen LogP contribution in [-0.2, 0) is 6.54 Å². The summed E-state index contributed by atoms with van der Waals surface area (Å²) in [6.45, 7) is 2.83. The van der Waals surface area contributed by atoms with E-state index in [1.807, 2.05) is 13.1 Å². The van der Waals surface area contributed by atoms with Gasteiger partial charge in [-0.2, -0.15) is 0 Å². The summed E-state index contributed by atoms with van der Waals surface area (Å²) in [7, 11) is 1.82. The van der Waals surface area contributed by atoms with Crippen LogP contribution in [0.4, 0.5) is 4.39 Å². The summed E-state index contributed by atoms with van der Waals surface area (Å²) >= 11 is 0. The molecule has 1 saturated heterocycles. The number of hydrogen-bond donors (Lipinski definition) is 1. The van der Waals surface area contributed by atoms with Crippen molar-refractivity contribution in [3.63, 3.8) is 0 Å². The first-order valence-corrected chi connectivity index (χ1v) is 7.41. The van der Waals surface area contributed by atoms with Gasteiger partial charge in [0, 0.05) is 26.7 Å². The summed E-state index contributed by atoms with van der Waals surface area (Å²) in [5.74, 6) is 0.756. The van der Waals surface area contributed by atoms with E-state index in [9.17, 15) is 4.39 Å². The van der Waals surface area contributed by atoms with Gasteiger partial charge in [-0.25, -0.2) is 4.39 Å². The lowest BCUT2D eigenvalue weighted by Gasteiger charge is -2.38. The molecule has 2 aliphatic rings. The van der Waals surface area contributed by atoms with Crippen LogP contribution < -0.4 is 5.32 Å². The van der Waals surface area contributed by atoms with Crippen LogP contribution in [0.5, 0.6) is 0 Å². The van der Waals surface area contributed by atoms with Crippen molar-refractivity contribution in [1.29, 1.82) is 0 Å². The van der Waals surface area contributed by atoms with Gasteiger partial charge in [0.1, 0.15) is 5.82 Å². The van der Waals surface area contributed by atoms with Gasteiger partial charge >= 0.3 is 0 Å². The molecule has 0 amide bonds. The van der Waals surface area contributed by atoms with Gasteiger partial charge in [-0.3, -0.25) is 4.99 Å². The van der Waals surface area contributed by atoms with Gasteiger partial charge in [-0.15, -0.1) is 0 Å². The largest absolute Gasteiger partial charge is 0.352 e. The zero-order valence-corrected chi connectivity index (χ0v) is 12.0. The summed E-state index contributed by atoms with van der Waals surface area (Å²) in [5, 5.41) is 3.35. The van der Waals surface area contributed by atoms with E-state index in [4.69, 9.17) is 0 Å². The molecule has 0 aromatic heterocycles. The average molecular weight is 275 g/mol. The highest BCUT2D eigenvalue weighted by molar-refractivity contribution is 5.80. The first kappa shape index (κ1) is 13.4. The number of aliphatic imine (C=N–C) groups is 1. The van der Waals surface area contributed by atoms with Crippen molar-refractivity contribution in [2.24, 2.45) is 10.4 Å². The number of benzene rings is 1. The van der Waals surface area contributed by atoms with Gasteiger partial charge < -0.3 is 10.2 Å². The number of hydrogen-bond acceptors (Lipinski definition) is 1. The highest BCUT2D eigenvalue weighted by atomic mass is 19.1. The van der Waals surface area contributed by atoms with E-state index >= 15 is 0 Å². The third kappa shape index (κ3) is 2.65. The number of rotatable bonds is 2. The van der Waals surface area contributed by atoms with E-state index in [0.717, 1.165) is 24.6 Å². The molecule has 0 atom stereocenters. The van der Waals surface area contributed by atoms with Crippen molar-refractivity contribution >= 4 is 5.96 Å². The monoisotopic (exact) mass is 275 g/mol. The van der Waals surface area contributed by atoms with Crippen molar-refractivity contribution in [2.45, 2.75) is 32.2 Å². The average Bonchev–Trinajstić information content (AvgIpc) is 2.85. The third-order valence-electron chi connectivity index (χ3n) is 4.70. The Balaban J connectivity index is 1.58. The number of nitrogens with zero attached hydrogens (tertiary/aromatic N) is 2. The Morgan fingerprint density at radius 2 is 2.25 bits per heavy atom. The smallest absolute Gasteiger partial charge is 0.193 e. The van der Waals surface area contributed by atoms with Gasteiger partial charge in [-0.05, 0) is 42.4 Å². The Morgan fingerprint density at radius 3 is 2.85 bits per heavy atom. The first-order chi connectivity index (χ1) is 9.71. The fourth-order valence-corrected chi connectivity index (χ4v) is 3.36. The molecule has 1 saturated carbocycles. The number of halogens is 1. The molecule has 1 aliphatic carbocycles. The minimum absolute atomic E-state index is 0.186. The van der Waals surface area contributed by atoms with Crippen molar-refractivity contribution < 1.29 is 4.39 Å². The SMILES string of the molecule is CN=C(NCc1cccc(F)c1)N1CCC2(CCC2)C1. The highest BCUT2D eigenvalue weighted by Crippen LogP contribution is 2.47. The minimum atomic E-state index is -0.186. The summed E-state index contributed by atoms with van der Waals surface area (Å²) in [6.07, 6.45) is 5.39. The van der Waals surface area contributed by atoms with E-state index < -0.39 is 0 Å². The molecular weight excluding hydrogens is 253 g/mol. The molecule has 1 spiro atoms. The molecule has 3 rings (SSSR count). The van der Waals surface area contributed by atoms with Crippen LogP contribution in [0.1, 0.15) is 31.2 Å². The summed E-state index contributed by atoms with van der Waals surface area (Å²) < 4.78 is 13.2. The van der Waals surface area contributed by atoms with E-state index in [1.54, 1.807) is 12.1 Å². The molecular formula is C16H22FN3. The Hall–Kier alpha value is -1.58. The third-order valence-corrected chi connectivity index (χ3v) is 4.70. The second-order valence-corrected chi connectivity index (χ2v) is 6.06. The van der Waals surface area contributed by atoms with Crippen molar-refractivity contribution in [2.75, 3.05) is 20.1 Å². The number of likely N-dealkylation sites (tertiary alicyclic amines) is 1. The maximum Gasteiger partial charge on any atom is 0.193 e. The Bertz CT molecular complexity index is 508. The molecule has 1 heterocycles. The molecule has 0 unspecified atom stereocenters. The van der Waals surface area contributed by atoms with Crippen molar-refractivity contribution in [3.05, 3.63) is 35.6 Å². The van der Waals surface area contributed by atoms with Crippen LogP contribution in [0.15, 0.2) is 29.3 Å². The summed E-state index contributed by atoms with van der Waals surface area (Å²) in [6, 6.07) is 6.71. The highest BCUT2D eigenvalue weighted by Gasteiger charge is 2.43. The molecule has 1 N–H and O–H groups in total. The molecule has 3 nitrogen and oxygen atoms in total. The fraction of sp³-hybridized carbons (Fsp3) is 0.562. The maximum absolute atomic E-state index is 13.2. The van der Waals surface area contributed by atoms with Crippen LogP contribution >= 0.6 is 0 Å². The summed E-state index contributed by atoms with van der Waals surface area (Å²) in [4.78, 5) is 6.71. The molecule has 20 heavy (non-hydrogen) atoms. The Labute approximate surface area is 119 Å². The van der Waals surface area contributed by atoms with Crippen LogP contribution in [0, 0.1) is 11.2 Å². The number of guanidine groups is 1. The quantitative estimate of drug-likeness (QED) is 0.664. The molecule has 1 aromatic carbocycles. The van der Waals surface area contributed by atoms with E-state index in [0.29, 0.717) is 12.0 Å². The van der Waals surface area contributed by atoms with Gasteiger partial charge in [-0.1, -0.05) is 18.6 Å². The lowest BCUT2D eigenvalue weighted by atomic mass is 9.68. The molecule has 0 bridgehead atoms. The zero-order valence-electron chi connectivity index (χ0n) is 12.0. The van der Waals surface area contributed by atoms with Crippen LogP contribution in [0.3, 0.4) is 0 Å². The van der Waals surface area contributed by atoms with Gasteiger partial charge in [0.25, 0.3) is 0 Å². The minimum Gasteiger partial charge on any atom is -0.352 e. The fourth-order valence-electron chi connectivity index (χ4n) is 3.36. The van der Waals surface area contributed by atoms with Crippen LogP contribution in [0.2, 0.25) is 0 Å². The second kappa shape index (κ2) is 5.43. The van der Waals surface area contributed by atoms with E-state index in [1.165, 1.54) is 31.7 Å². The Morgan fingerprint density at radius 1 is 1.40 bits per heavy atom. The predicted octanol–water partition coefficient (Wildman–Crippen LogP) is 2.78. The van der Waals surface area contributed by atoms with Gasteiger partial charge in [0.2, 0.25) is 0 Å². The lowest BCUT2D eigenvalue weighted by Crippen LogP contribution is -2.42. The molecule has 1 aliphatic heterocycles. The van der Waals surface area contributed by atoms with E-state index in [-0.39, 0.29) is 5.82 Å². The van der Waals surface area contributed by atoms with Crippen LogP contribution in [0.25, 0.3) is 0 Å². The standard InChI is InChI=1S/C16H22FN3/c1-18-15(19-11-13-4-2-5-14(17)10-13)20-9-8-16(12-20)6-3-7-16/h2,4-5,10H,3,6-9,11-12H2,1H3,(H,18,19). The first-order valence-electron chi connectivity index (χ1n) is 7.41. The predicted molar refractivity (Wildman–Crippen MR) is 79.1 cm³/mol. The molecule has 4 heteroatoms. The summed E-state index contributed by atoms with van der Waals surface area (Å²) in [5.41, 5.74) is 1.51. The molecule has 1 aromatic rings. The zero-order chi connectivity index (χ0) is 14.0. The van der Waals surface area contributed by atoms with Gasteiger partial charge in [0.15, 0.2) is 5.96 Å². The maximum atomic E-state index is 13.2. The van der Waals surface area contributed by atoms with Crippen molar-refractivity contribution in [3.8, 4) is 0 Å². The van der Waals surface area contributed by atoms with Crippen LogP contribution in [-0.4, -0.2) is 31.0 Å². The van der Waals surface area contributed by atoms with E-state index in [2.05, 4.69) is 15.2 Å². The Kier molecular flexibility index (Phi) is 3.64. The topological polar surface area (TPSA) is 27.6 Å². The normalized spacial score (nSPS) is 21.1. The van der Waals surface area contributed by atoms with Gasteiger partial charge in [0.05, 0.1) is 0 Å².